The van der Waals surface area contributed by atoms with Crippen molar-refractivity contribution in [3.05, 3.63) is 29.8 Å². The number of aliphatic carboxylic acids is 1. The van der Waals surface area contributed by atoms with Crippen molar-refractivity contribution < 1.29 is 24.2 Å². The van der Waals surface area contributed by atoms with Gasteiger partial charge in [0.2, 0.25) is 5.91 Å². The van der Waals surface area contributed by atoms with Crippen molar-refractivity contribution in [1.29, 1.82) is 0 Å². The summed E-state index contributed by atoms with van der Waals surface area (Å²) in [5, 5.41) is 13.8. The van der Waals surface area contributed by atoms with Crippen LogP contribution in [0.15, 0.2) is 24.3 Å². The Labute approximate surface area is 135 Å². The largest absolute Gasteiger partial charge is 0.480 e. The van der Waals surface area contributed by atoms with E-state index in [2.05, 4.69) is 10.6 Å². The van der Waals surface area contributed by atoms with E-state index in [1.54, 1.807) is 19.2 Å². The molecule has 1 aromatic rings. The minimum atomic E-state index is -1.10. The summed E-state index contributed by atoms with van der Waals surface area (Å²) in [6, 6.07) is 5.27. The first-order valence-corrected chi connectivity index (χ1v) is 7.30. The predicted molar refractivity (Wildman–Crippen MR) is 85.3 cm³/mol. The molecule has 0 aromatic heterocycles. The number of hydrogen-bond acceptors (Lipinski definition) is 4. The summed E-state index contributed by atoms with van der Waals surface area (Å²) in [6.07, 6.45) is 0.978. The second-order valence-electron chi connectivity index (χ2n) is 5.24. The van der Waals surface area contributed by atoms with Gasteiger partial charge in [-0.2, -0.15) is 0 Å². The highest BCUT2D eigenvalue weighted by Crippen LogP contribution is 2.11. The zero-order valence-electron chi connectivity index (χ0n) is 13.5. The van der Waals surface area contributed by atoms with E-state index < -0.39 is 17.9 Å². The molecule has 0 bridgehead atoms. The number of hydrogen-bond donors (Lipinski definition) is 3. The lowest BCUT2D eigenvalue weighted by molar-refractivity contribution is -0.138. The fourth-order valence-corrected chi connectivity index (χ4v) is 1.72. The van der Waals surface area contributed by atoms with Crippen LogP contribution in [-0.4, -0.2) is 42.1 Å². The number of ether oxygens (including phenoxy) is 1. The van der Waals surface area contributed by atoms with E-state index in [1.807, 2.05) is 6.92 Å². The highest BCUT2D eigenvalue weighted by Gasteiger charge is 2.15. The molecule has 2 atom stereocenters. The van der Waals surface area contributed by atoms with Crippen molar-refractivity contribution in [3.63, 3.8) is 0 Å². The lowest BCUT2D eigenvalue weighted by Gasteiger charge is -2.11. The molecule has 2 unspecified atom stereocenters. The summed E-state index contributed by atoms with van der Waals surface area (Å²) in [5.74, 6) is -1.72. The third-order valence-electron chi connectivity index (χ3n) is 3.33. The van der Waals surface area contributed by atoms with Crippen molar-refractivity contribution in [2.24, 2.45) is 0 Å². The van der Waals surface area contributed by atoms with Crippen LogP contribution in [-0.2, 0) is 14.3 Å². The van der Waals surface area contributed by atoms with Gasteiger partial charge in [-0.15, -0.1) is 0 Å². The van der Waals surface area contributed by atoms with Gasteiger partial charge < -0.3 is 20.5 Å². The Morgan fingerprint density at radius 2 is 1.78 bits per heavy atom. The Hall–Kier alpha value is -2.41. The molecular formula is C16H22N2O5. The van der Waals surface area contributed by atoms with Gasteiger partial charge in [0.1, 0.15) is 6.04 Å². The molecule has 0 saturated heterocycles. The number of anilines is 1. The zero-order valence-corrected chi connectivity index (χ0v) is 13.5. The summed E-state index contributed by atoms with van der Waals surface area (Å²) in [7, 11) is 1.59. The van der Waals surface area contributed by atoms with E-state index in [0.29, 0.717) is 24.1 Å². The summed E-state index contributed by atoms with van der Waals surface area (Å²) in [4.78, 5) is 34.3. The van der Waals surface area contributed by atoms with Crippen molar-refractivity contribution >= 4 is 23.5 Å². The number of methoxy groups -OCH3 is 1. The van der Waals surface area contributed by atoms with Crippen LogP contribution < -0.4 is 10.6 Å². The lowest BCUT2D eigenvalue weighted by atomic mass is 10.1. The minimum absolute atomic E-state index is 0.0167. The van der Waals surface area contributed by atoms with Crippen molar-refractivity contribution in [3.8, 4) is 0 Å². The molecule has 7 nitrogen and oxygen atoms in total. The molecule has 23 heavy (non-hydrogen) atoms. The first kappa shape index (κ1) is 18.6. The first-order chi connectivity index (χ1) is 10.8. The second-order valence-corrected chi connectivity index (χ2v) is 5.24. The Kier molecular flexibility index (Phi) is 7.21. The Morgan fingerprint density at radius 3 is 2.30 bits per heavy atom. The fraction of sp³-hybridized carbons (Fsp3) is 0.438. The van der Waals surface area contributed by atoms with Crippen LogP contribution >= 0.6 is 0 Å². The Bertz CT molecular complexity index is 556. The topological polar surface area (TPSA) is 105 Å². The molecular weight excluding hydrogens is 300 g/mol. The number of carbonyl (C=O) groups excluding carboxylic acids is 2. The fourth-order valence-electron chi connectivity index (χ4n) is 1.72. The molecule has 2 amide bonds. The van der Waals surface area contributed by atoms with Gasteiger partial charge in [0, 0.05) is 24.8 Å². The van der Waals surface area contributed by atoms with Gasteiger partial charge in [0.15, 0.2) is 0 Å². The van der Waals surface area contributed by atoms with Crippen LogP contribution in [0.2, 0.25) is 0 Å². The quantitative estimate of drug-likeness (QED) is 0.675. The van der Waals surface area contributed by atoms with Crippen molar-refractivity contribution in [2.45, 2.75) is 38.8 Å². The monoisotopic (exact) mass is 322 g/mol. The summed E-state index contributed by atoms with van der Waals surface area (Å²) < 4.78 is 5.08. The van der Waals surface area contributed by atoms with Crippen LogP contribution in [0, 0.1) is 0 Å². The number of carbonyl (C=O) groups is 3. The van der Waals surface area contributed by atoms with Crippen LogP contribution in [0.4, 0.5) is 5.69 Å². The zero-order chi connectivity index (χ0) is 17.4. The van der Waals surface area contributed by atoms with E-state index in [4.69, 9.17) is 9.84 Å². The van der Waals surface area contributed by atoms with E-state index in [1.165, 1.54) is 19.1 Å². The average Bonchev–Trinajstić information content (AvgIpc) is 2.52. The number of nitrogens with one attached hydrogen (secondary N) is 2. The van der Waals surface area contributed by atoms with E-state index >= 15 is 0 Å². The van der Waals surface area contributed by atoms with Crippen LogP contribution in [0.1, 0.15) is 37.0 Å². The predicted octanol–water partition coefficient (Wildman–Crippen LogP) is 1.64. The highest BCUT2D eigenvalue weighted by molar-refractivity contribution is 5.97. The molecule has 0 aliphatic heterocycles. The molecule has 0 fully saturated rings. The van der Waals surface area contributed by atoms with E-state index in [9.17, 15) is 14.4 Å². The molecule has 0 aliphatic carbocycles. The number of rotatable bonds is 8. The second kappa shape index (κ2) is 8.89. The number of carboxylic acids is 1. The number of carboxylic acid groups (broad SMARTS) is 1. The lowest BCUT2D eigenvalue weighted by Crippen LogP contribution is -2.38. The van der Waals surface area contributed by atoms with E-state index in [0.717, 1.165) is 0 Å². The first-order valence-electron chi connectivity index (χ1n) is 7.30. The number of amides is 2. The van der Waals surface area contributed by atoms with Gasteiger partial charge in [-0.1, -0.05) is 0 Å². The Morgan fingerprint density at radius 1 is 1.17 bits per heavy atom. The SMILES string of the molecule is COC(C)CCC(=O)Nc1ccc(C(=O)NC(C)C(=O)O)cc1. The van der Waals surface area contributed by atoms with Gasteiger partial charge in [-0.25, -0.2) is 0 Å². The highest BCUT2D eigenvalue weighted by atomic mass is 16.5. The van der Waals surface area contributed by atoms with Crippen LogP contribution in [0.3, 0.4) is 0 Å². The third kappa shape index (κ3) is 6.48. The average molecular weight is 322 g/mol. The molecule has 0 radical (unpaired) electrons. The molecule has 1 aromatic carbocycles. The standard InChI is InChI=1S/C16H22N2O5/c1-10(23-3)4-9-14(19)18-13-7-5-12(6-8-13)15(20)17-11(2)16(21)22/h5-8,10-11H,4,9H2,1-3H3,(H,17,20)(H,18,19)(H,21,22). The van der Waals surface area contributed by atoms with Crippen molar-refractivity contribution in [1.82, 2.24) is 5.32 Å². The summed E-state index contributed by atoms with van der Waals surface area (Å²) in [5.41, 5.74) is 0.895. The van der Waals surface area contributed by atoms with Gasteiger partial charge in [0.05, 0.1) is 6.10 Å². The molecule has 1 rings (SSSR count). The molecule has 0 spiro atoms. The molecule has 0 aliphatic rings. The normalized spacial score (nSPS) is 13.0. The van der Waals surface area contributed by atoms with Crippen LogP contribution in [0.5, 0.6) is 0 Å². The van der Waals surface area contributed by atoms with E-state index in [-0.39, 0.29) is 12.0 Å². The Balaban J connectivity index is 2.54. The third-order valence-corrected chi connectivity index (χ3v) is 3.33. The maximum absolute atomic E-state index is 11.8. The molecule has 0 saturated carbocycles. The smallest absolute Gasteiger partial charge is 0.325 e. The van der Waals surface area contributed by atoms with Gasteiger partial charge in [0.25, 0.3) is 5.91 Å². The van der Waals surface area contributed by atoms with Gasteiger partial charge in [-0.3, -0.25) is 14.4 Å². The summed E-state index contributed by atoms with van der Waals surface area (Å²) >= 11 is 0. The number of benzene rings is 1. The van der Waals surface area contributed by atoms with Crippen molar-refractivity contribution in [2.75, 3.05) is 12.4 Å². The van der Waals surface area contributed by atoms with Crippen LogP contribution in [0.25, 0.3) is 0 Å². The van der Waals surface area contributed by atoms with Gasteiger partial charge >= 0.3 is 5.97 Å². The molecule has 3 N–H and O–H groups in total. The maximum atomic E-state index is 11.8. The summed E-state index contributed by atoms with van der Waals surface area (Å²) in [6.45, 7) is 3.27. The molecule has 126 valence electrons. The molecule has 7 heteroatoms. The minimum Gasteiger partial charge on any atom is -0.480 e. The van der Waals surface area contributed by atoms with Gasteiger partial charge in [-0.05, 0) is 44.5 Å². The maximum Gasteiger partial charge on any atom is 0.325 e. The molecule has 0 heterocycles.